The molecule has 0 bridgehead atoms. The molecule has 0 radical (unpaired) electrons. The van der Waals surface area contributed by atoms with Crippen molar-refractivity contribution in [2.24, 2.45) is 5.92 Å². The molecule has 0 spiro atoms. The van der Waals surface area contributed by atoms with Gasteiger partial charge in [0, 0.05) is 12.0 Å². The Balaban J connectivity index is 1.43. The lowest BCUT2D eigenvalue weighted by atomic mass is 9.90. The summed E-state index contributed by atoms with van der Waals surface area (Å²) < 4.78 is 5.63. The van der Waals surface area contributed by atoms with Crippen LogP contribution in [0.2, 0.25) is 0 Å². The van der Waals surface area contributed by atoms with Crippen molar-refractivity contribution in [3.05, 3.63) is 59.7 Å². The summed E-state index contributed by atoms with van der Waals surface area (Å²) in [4.78, 5) is 24.0. The predicted octanol–water partition coefficient (Wildman–Crippen LogP) is 5.34. The molecular weight excluding hydrogens is 378 g/mol. The van der Waals surface area contributed by atoms with Crippen LogP contribution in [0.1, 0.15) is 62.0 Å². The third kappa shape index (κ3) is 4.50. The second-order valence-corrected chi connectivity index (χ2v) is 8.43. The monoisotopic (exact) mass is 407 g/mol. The van der Waals surface area contributed by atoms with Gasteiger partial charge in [0.25, 0.3) is 0 Å². The number of hydrogen-bond acceptors (Lipinski definition) is 3. The van der Waals surface area contributed by atoms with Crippen molar-refractivity contribution >= 4 is 12.1 Å². The van der Waals surface area contributed by atoms with Gasteiger partial charge in [0.05, 0.1) is 6.42 Å². The Morgan fingerprint density at radius 3 is 2.07 bits per heavy atom. The van der Waals surface area contributed by atoms with Gasteiger partial charge < -0.3 is 15.2 Å². The molecule has 1 amide bonds. The number of fused-ring (bicyclic) bond motifs is 3. The molecule has 1 saturated carbocycles. The van der Waals surface area contributed by atoms with E-state index in [0.717, 1.165) is 36.8 Å². The van der Waals surface area contributed by atoms with Gasteiger partial charge in [-0.05, 0) is 41.0 Å². The molecule has 2 aliphatic carbocycles. The maximum absolute atomic E-state index is 12.6. The molecule has 0 aliphatic heterocycles. The molecule has 2 N–H and O–H groups in total. The second kappa shape index (κ2) is 9.33. The van der Waals surface area contributed by atoms with Gasteiger partial charge in [-0.25, -0.2) is 4.79 Å². The number of carbonyl (C=O) groups excluding carboxylic acids is 1. The van der Waals surface area contributed by atoms with E-state index in [1.807, 2.05) is 24.3 Å². The van der Waals surface area contributed by atoms with Crippen LogP contribution in [0.5, 0.6) is 0 Å². The lowest BCUT2D eigenvalue weighted by Gasteiger charge is -2.26. The summed E-state index contributed by atoms with van der Waals surface area (Å²) in [7, 11) is 0. The van der Waals surface area contributed by atoms with Crippen molar-refractivity contribution in [2.75, 3.05) is 6.61 Å². The van der Waals surface area contributed by atoms with E-state index in [9.17, 15) is 14.7 Å². The smallest absolute Gasteiger partial charge is 0.407 e. The van der Waals surface area contributed by atoms with Gasteiger partial charge in [-0.1, -0.05) is 74.2 Å². The van der Waals surface area contributed by atoms with Crippen LogP contribution in [0, 0.1) is 5.92 Å². The number of benzene rings is 2. The number of alkyl carbamates (subject to hydrolysis) is 1. The molecule has 0 aromatic heterocycles. The fourth-order valence-electron chi connectivity index (χ4n) is 5.03. The van der Waals surface area contributed by atoms with Gasteiger partial charge in [0.15, 0.2) is 0 Å². The van der Waals surface area contributed by atoms with E-state index in [1.165, 1.54) is 24.0 Å². The third-order valence-corrected chi connectivity index (χ3v) is 6.51. The lowest BCUT2D eigenvalue weighted by molar-refractivity contribution is -0.137. The Labute approximate surface area is 177 Å². The minimum atomic E-state index is -0.886. The Morgan fingerprint density at radius 2 is 1.50 bits per heavy atom. The van der Waals surface area contributed by atoms with Crippen molar-refractivity contribution in [3.8, 4) is 11.1 Å². The maximum atomic E-state index is 12.6. The summed E-state index contributed by atoms with van der Waals surface area (Å²) in [5, 5.41) is 12.2. The zero-order chi connectivity index (χ0) is 20.9. The van der Waals surface area contributed by atoms with Crippen molar-refractivity contribution in [1.29, 1.82) is 0 Å². The molecule has 30 heavy (non-hydrogen) atoms. The van der Waals surface area contributed by atoms with E-state index >= 15 is 0 Å². The first-order valence-electron chi connectivity index (χ1n) is 11.0. The van der Waals surface area contributed by atoms with Crippen LogP contribution in [0.25, 0.3) is 11.1 Å². The third-order valence-electron chi connectivity index (χ3n) is 6.51. The molecule has 2 aromatic carbocycles. The van der Waals surface area contributed by atoms with Crippen LogP contribution < -0.4 is 5.32 Å². The molecule has 4 rings (SSSR count). The number of ether oxygens (including phenoxy) is 1. The molecule has 1 fully saturated rings. The molecule has 1 atom stereocenters. The van der Waals surface area contributed by atoms with E-state index in [2.05, 4.69) is 29.6 Å². The summed E-state index contributed by atoms with van der Waals surface area (Å²) in [6, 6.07) is 16.0. The maximum Gasteiger partial charge on any atom is 0.407 e. The predicted molar refractivity (Wildman–Crippen MR) is 115 cm³/mol. The highest BCUT2D eigenvalue weighted by Gasteiger charge is 2.30. The van der Waals surface area contributed by atoms with Gasteiger partial charge in [0.1, 0.15) is 6.61 Å². The zero-order valence-corrected chi connectivity index (χ0v) is 17.2. The molecule has 1 unspecified atom stereocenters. The number of amides is 1. The zero-order valence-electron chi connectivity index (χ0n) is 17.2. The molecule has 158 valence electrons. The Bertz CT molecular complexity index is 856. The number of carboxylic acids is 1. The number of aliphatic carboxylic acids is 1. The summed E-state index contributed by atoms with van der Waals surface area (Å²) in [5.41, 5.74) is 4.70. The summed E-state index contributed by atoms with van der Waals surface area (Å²) >= 11 is 0. The second-order valence-electron chi connectivity index (χ2n) is 8.43. The number of rotatable bonds is 6. The van der Waals surface area contributed by atoms with E-state index in [0.29, 0.717) is 0 Å². The normalized spacial score (nSPS) is 17.5. The Morgan fingerprint density at radius 1 is 0.933 bits per heavy atom. The van der Waals surface area contributed by atoms with Gasteiger partial charge in [0.2, 0.25) is 0 Å². The number of hydrogen-bond donors (Lipinski definition) is 2. The average Bonchev–Trinajstić information content (AvgIpc) is 2.88. The molecule has 2 aliphatic rings. The summed E-state index contributed by atoms with van der Waals surface area (Å²) in [6.45, 7) is 0.240. The van der Waals surface area contributed by atoms with Gasteiger partial charge >= 0.3 is 12.1 Å². The van der Waals surface area contributed by atoms with E-state index in [4.69, 9.17) is 4.74 Å². The molecular formula is C25H29NO4. The van der Waals surface area contributed by atoms with Gasteiger partial charge in [-0.2, -0.15) is 0 Å². The number of nitrogens with one attached hydrogen (secondary N) is 1. The van der Waals surface area contributed by atoms with E-state index in [1.54, 1.807) is 0 Å². The highest BCUT2D eigenvalue weighted by molar-refractivity contribution is 5.79. The topological polar surface area (TPSA) is 75.6 Å². The highest BCUT2D eigenvalue weighted by Crippen LogP contribution is 2.44. The molecule has 2 aromatic rings. The van der Waals surface area contributed by atoms with Crippen molar-refractivity contribution in [1.82, 2.24) is 5.32 Å². The van der Waals surface area contributed by atoms with Crippen LogP contribution in [-0.2, 0) is 9.53 Å². The quantitative estimate of drug-likeness (QED) is 0.634. The standard InChI is InChI=1S/C25H29NO4/c27-24(28)15-23(17-9-3-1-2-4-10-17)26-25(29)30-16-22-20-13-7-5-11-18(20)19-12-6-8-14-21(19)22/h5-8,11-14,17,22-23H,1-4,9-10,15-16H2,(H,26,29)(H,27,28). The molecule has 0 heterocycles. The highest BCUT2D eigenvalue weighted by atomic mass is 16.5. The Hall–Kier alpha value is -2.82. The largest absolute Gasteiger partial charge is 0.481 e. The van der Waals surface area contributed by atoms with Crippen LogP contribution in [0.4, 0.5) is 4.79 Å². The summed E-state index contributed by atoms with van der Waals surface area (Å²) in [6.07, 6.45) is 5.88. The van der Waals surface area contributed by atoms with Gasteiger partial charge in [-0.3, -0.25) is 4.79 Å². The van der Waals surface area contributed by atoms with Crippen molar-refractivity contribution < 1.29 is 19.4 Å². The van der Waals surface area contributed by atoms with Crippen LogP contribution in [-0.4, -0.2) is 29.8 Å². The van der Waals surface area contributed by atoms with Crippen LogP contribution in [0.3, 0.4) is 0 Å². The first-order valence-corrected chi connectivity index (χ1v) is 11.0. The van der Waals surface area contributed by atoms with Crippen LogP contribution >= 0.6 is 0 Å². The first-order chi connectivity index (χ1) is 14.6. The molecule has 5 heteroatoms. The molecule has 0 saturated heterocycles. The van der Waals surface area contributed by atoms with E-state index in [-0.39, 0.29) is 30.9 Å². The SMILES string of the molecule is O=C(O)CC(NC(=O)OCC1c2ccccc2-c2ccccc21)C1CCCCCC1. The number of carboxylic acid groups (broad SMARTS) is 1. The Kier molecular flexibility index (Phi) is 6.36. The fourth-order valence-corrected chi connectivity index (χ4v) is 5.03. The minimum absolute atomic E-state index is 0.000968. The number of carbonyl (C=O) groups is 2. The van der Waals surface area contributed by atoms with Crippen LogP contribution in [0.15, 0.2) is 48.5 Å². The molecule has 5 nitrogen and oxygen atoms in total. The van der Waals surface area contributed by atoms with Crippen molar-refractivity contribution in [3.63, 3.8) is 0 Å². The average molecular weight is 408 g/mol. The van der Waals surface area contributed by atoms with Gasteiger partial charge in [-0.15, -0.1) is 0 Å². The minimum Gasteiger partial charge on any atom is -0.481 e. The lowest BCUT2D eigenvalue weighted by Crippen LogP contribution is -2.42. The fraction of sp³-hybridized carbons (Fsp3) is 0.440. The van der Waals surface area contributed by atoms with Crippen molar-refractivity contribution in [2.45, 2.75) is 56.9 Å². The first kappa shape index (κ1) is 20.5. The summed E-state index contributed by atoms with van der Waals surface area (Å²) in [5.74, 6) is -0.689. The van der Waals surface area contributed by atoms with E-state index < -0.39 is 12.1 Å².